The number of oxazole rings is 1. The highest BCUT2D eigenvalue weighted by atomic mass is 16.6. The molecular formula is C30H31N5O4. The minimum absolute atomic E-state index is 0.00539. The van der Waals surface area contributed by atoms with Gasteiger partial charge in [0.1, 0.15) is 16.9 Å². The lowest BCUT2D eigenvalue weighted by Gasteiger charge is -2.30. The second-order valence-corrected chi connectivity index (χ2v) is 11.3. The Morgan fingerprint density at radius 2 is 1.92 bits per heavy atom. The van der Waals surface area contributed by atoms with Gasteiger partial charge in [-0.15, -0.1) is 0 Å². The number of carbonyl (C=O) groups excluding carboxylic acids is 2. The van der Waals surface area contributed by atoms with E-state index < -0.39 is 5.60 Å². The number of rotatable bonds is 4. The van der Waals surface area contributed by atoms with Gasteiger partial charge in [-0.1, -0.05) is 12.1 Å². The quantitative estimate of drug-likeness (QED) is 0.342. The Morgan fingerprint density at radius 3 is 2.69 bits per heavy atom. The van der Waals surface area contributed by atoms with Gasteiger partial charge in [0.25, 0.3) is 0 Å². The average molecular weight is 526 g/mol. The topological polar surface area (TPSA) is 110 Å². The summed E-state index contributed by atoms with van der Waals surface area (Å²) < 4.78 is 11.7. The van der Waals surface area contributed by atoms with Crippen LogP contribution in [0.3, 0.4) is 0 Å². The lowest BCUT2D eigenvalue weighted by atomic mass is 10.0. The van der Waals surface area contributed by atoms with Crippen molar-refractivity contribution < 1.29 is 18.7 Å². The first-order valence-electron chi connectivity index (χ1n) is 13.3. The molecule has 2 aliphatic rings. The molecule has 4 heterocycles. The smallest absolute Gasteiger partial charge is 0.410 e. The summed E-state index contributed by atoms with van der Waals surface area (Å²) in [7, 11) is 0. The molecule has 3 aromatic heterocycles. The van der Waals surface area contributed by atoms with Crippen molar-refractivity contribution >= 4 is 45.3 Å². The van der Waals surface area contributed by atoms with Gasteiger partial charge in [-0.05, 0) is 76.3 Å². The standard InChI is InChI=1S/C30H31N5O4/c1-17-22-14-32-26(34-27(36)18-7-8-18)13-21(22)23(15-31-17)28-33-24-12-19(9-10-25(24)38-28)20-6-5-11-35(16-20)29(37)39-30(2,3)4/h6,9-10,12-15,18H,5,7-8,11,16H2,1-4H3,(H,32,34,36). The lowest BCUT2D eigenvalue weighted by Crippen LogP contribution is -2.39. The summed E-state index contributed by atoms with van der Waals surface area (Å²) in [6.07, 6.45) is 7.94. The molecule has 1 saturated carbocycles. The normalized spacial score (nSPS) is 15.9. The number of fused-ring (bicyclic) bond motifs is 2. The highest BCUT2D eigenvalue weighted by Gasteiger charge is 2.30. The number of hydrogen-bond acceptors (Lipinski definition) is 7. The third-order valence-electron chi connectivity index (χ3n) is 6.96. The molecule has 9 heteroatoms. The second-order valence-electron chi connectivity index (χ2n) is 11.3. The molecule has 4 aromatic rings. The number of aromatic nitrogens is 3. The number of nitrogens with zero attached hydrogens (tertiary/aromatic N) is 4. The van der Waals surface area contributed by atoms with Crippen LogP contribution in [-0.2, 0) is 9.53 Å². The Hall–Kier alpha value is -4.27. The zero-order valence-corrected chi connectivity index (χ0v) is 22.6. The third-order valence-corrected chi connectivity index (χ3v) is 6.96. The minimum Gasteiger partial charge on any atom is -0.444 e. The van der Waals surface area contributed by atoms with Gasteiger partial charge in [-0.3, -0.25) is 9.78 Å². The monoisotopic (exact) mass is 525 g/mol. The number of anilines is 1. The molecule has 200 valence electrons. The van der Waals surface area contributed by atoms with Gasteiger partial charge in [0.15, 0.2) is 5.58 Å². The fourth-order valence-corrected chi connectivity index (χ4v) is 4.76. The minimum atomic E-state index is -0.539. The number of hydrogen-bond donors (Lipinski definition) is 1. The van der Waals surface area contributed by atoms with E-state index in [4.69, 9.17) is 14.1 Å². The van der Waals surface area contributed by atoms with Crippen molar-refractivity contribution in [3.8, 4) is 11.5 Å². The molecule has 1 fully saturated rings. The number of ether oxygens (including phenoxy) is 1. The first kappa shape index (κ1) is 25.0. The van der Waals surface area contributed by atoms with Crippen molar-refractivity contribution in [3.63, 3.8) is 0 Å². The summed E-state index contributed by atoms with van der Waals surface area (Å²) in [5.41, 5.74) is 4.41. The fraction of sp³-hybridized carbons (Fsp3) is 0.367. The molecular weight excluding hydrogens is 494 g/mol. The average Bonchev–Trinajstić information content (AvgIpc) is 3.67. The molecule has 39 heavy (non-hydrogen) atoms. The van der Waals surface area contributed by atoms with E-state index in [0.29, 0.717) is 35.9 Å². The van der Waals surface area contributed by atoms with Crippen LogP contribution >= 0.6 is 0 Å². The molecule has 9 nitrogen and oxygen atoms in total. The predicted molar refractivity (Wildman–Crippen MR) is 149 cm³/mol. The molecule has 0 saturated heterocycles. The molecule has 2 amide bonds. The zero-order chi connectivity index (χ0) is 27.3. The Bertz CT molecular complexity index is 1640. The van der Waals surface area contributed by atoms with Gasteiger partial charge in [-0.2, -0.15) is 0 Å². The predicted octanol–water partition coefficient (Wildman–Crippen LogP) is 6.12. The SMILES string of the molecule is Cc1ncc(-c2nc3cc(C4=CCCN(C(=O)OC(C)(C)C)C4)ccc3o2)c2cc(NC(=O)C3CC3)ncc12. The zero-order valence-electron chi connectivity index (χ0n) is 22.6. The lowest BCUT2D eigenvalue weighted by molar-refractivity contribution is -0.117. The second kappa shape index (κ2) is 9.48. The number of pyridine rings is 2. The van der Waals surface area contributed by atoms with E-state index in [1.165, 1.54) is 0 Å². The van der Waals surface area contributed by atoms with Crippen LogP contribution in [0.25, 0.3) is 38.9 Å². The van der Waals surface area contributed by atoms with Crippen LogP contribution in [0.5, 0.6) is 0 Å². The van der Waals surface area contributed by atoms with E-state index in [2.05, 4.69) is 21.4 Å². The summed E-state index contributed by atoms with van der Waals surface area (Å²) >= 11 is 0. The maximum atomic E-state index is 12.6. The van der Waals surface area contributed by atoms with E-state index in [9.17, 15) is 9.59 Å². The number of aryl methyl sites for hydroxylation is 1. The van der Waals surface area contributed by atoms with Crippen molar-refractivity contribution in [2.24, 2.45) is 5.92 Å². The highest BCUT2D eigenvalue weighted by Crippen LogP contribution is 2.34. The van der Waals surface area contributed by atoms with Crippen LogP contribution in [-0.4, -0.2) is 50.5 Å². The largest absolute Gasteiger partial charge is 0.444 e. The van der Waals surface area contributed by atoms with Crippen LogP contribution in [0.4, 0.5) is 10.6 Å². The van der Waals surface area contributed by atoms with Crippen LogP contribution in [0, 0.1) is 12.8 Å². The van der Waals surface area contributed by atoms with Crippen molar-refractivity contribution in [1.29, 1.82) is 0 Å². The Balaban J connectivity index is 1.30. The van der Waals surface area contributed by atoms with Gasteiger partial charge in [0.05, 0.1) is 5.56 Å². The van der Waals surface area contributed by atoms with Crippen LogP contribution in [0.2, 0.25) is 0 Å². The number of nitrogens with one attached hydrogen (secondary N) is 1. The molecule has 1 aliphatic carbocycles. The summed E-state index contributed by atoms with van der Waals surface area (Å²) in [5.74, 6) is 1.04. The van der Waals surface area contributed by atoms with Crippen LogP contribution in [0.15, 0.2) is 47.2 Å². The molecule has 0 unspecified atom stereocenters. The molecule has 0 spiro atoms. The van der Waals surface area contributed by atoms with Gasteiger partial charge in [0.2, 0.25) is 11.8 Å². The third kappa shape index (κ3) is 5.21. The Kier molecular flexibility index (Phi) is 6.09. The van der Waals surface area contributed by atoms with Crippen molar-refractivity contribution in [2.45, 2.75) is 52.6 Å². The molecule has 1 N–H and O–H groups in total. The first-order chi connectivity index (χ1) is 18.6. The molecule has 0 bridgehead atoms. The number of carbonyl (C=O) groups is 2. The van der Waals surface area contributed by atoms with Gasteiger partial charge >= 0.3 is 6.09 Å². The number of benzene rings is 1. The van der Waals surface area contributed by atoms with E-state index in [0.717, 1.165) is 52.4 Å². The summed E-state index contributed by atoms with van der Waals surface area (Å²) in [4.78, 5) is 40.4. The van der Waals surface area contributed by atoms with Crippen molar-refractivity contribution in [1.82, 2.24) is 19.9 Å². The van der Waals surface area contributed by atoms with E-state index in [1.807, 2.05) is 52.0 Å². The van der Waals surface area contributed by atoms with Crippen LogP contribution in [0.1, 0.15) is 51.3 Å². The van der Waals surface area contributed by atoms with E-state index >= 15 is 0 Å². The molecule has 0 radical (unpaired) electrons. The Labute approximate surface area is 226 Å². The maximum Gasteiger partial charge on any atom is 0.410 e. The van der Waals surface area contributed by atoms with E-state index in [1.54, 1.807) is 17.3 Å². The molecule has 1 aliphatic heterocycles. The van der Waals surface area contributed by atoms with E-state index in [-0.39, 0.29) is 17.9 Å². The molecule has 6 rings (SSSR count). The van der Waals surface area contributed by atoms with Gasteiger partial charge in [-0.25, -0.2) is 14.8 Å². The summed E-state index contributed by atoms with van der Waals surface area (Å²) in [5, 5.41) is 4.65. The maximum absolute atomic E-state index is 12.6. The summed E-state index contributed by atoms with van der Waals surface area (Å²) in [6, 6.07) is 7.74. The van der Waals surface area contributed by atoms with Crippen molar-refractivity contribution in [2.75, 3.05) is 18.4 Å². The van der Waals surface area contributed by atoms with Gasteiger partial charge in [0, 0.05) is 47.9 Å². The van der Waals surface area contributed by atoms with Crippen molar-refractivity contribution in [3.05, 3.63) is 54.0 Å². The molecule has 1 aromatic carbocycles. The van der Waals surface area contributed by atoms with Crippen LogP contribution < -0.4 is 5.32 Å². The first-order valence-corrected chi connectivity index (χ1v) is 13.3. The molecule has 0 atom stereocenters. The number of amides is 2. The Morgan fingerprint density at radius 1 is 1.10 bits per heavy atom. The fourth-order valence-electron chi connectivity index (χ4n) is 4.76. The highest BCUT2D eigenvalue weighted by molar-refractivity contribution is 6.00. The summed E-state index contributed by atoms with van der Waals surface area (Å²) in [6.45, 7) is 8.63. The van der Waals surface area contributed by atoms with Gasteiger partial charge < -0.3 is 19.4 Å².